The summed E-state index contributed by atoms with van der Waals surface area (Å²) in [5.41, 5.74) is 1.04. The molecule has 0 saturated heterocycles. The van der Waals surface area contributed by atoms with Crippen LogP contribution >= 0.6 is 11.6 Å². The van der Waals surface area contributed by atoms with Crippen LogP contribution in [0.15, 0.2) is 48.5 Å². The van der Waals surface area contributed by atoms with Crippen molar-refractivity contribution >= 4 is 29.4 Å². The van der Waals surface area contributed by atoms with Gasteiger partial charge >= 0.3 is 5.97 Å². The molecule has 0 fully saturated rings. The molecule has 0 spiro atoms. The first-order valence-corrected chi connectivity index (χ1v) is 11.4. The summed E-state index contributed by atoms with van der Waals surface area (Å²) in [5.74, 6) is -0.0310. The number of hydrogen-bond acceptors (Lipinski definition) is 4. The fourth-order valence-electron chi connectivity index (χ4n) is 3.73. The van der Waals surface area contributed by atoms with Gasteiger partial charge in [0.05, 0.1) is 11.1 Å². The van der Waals surface area contributed by atoms with Crippen molar-refractivity contribution in [1.82, 2.24) is 4.90 Å². The van der Waals surface area contributed by atoms with E-state index in [1.165, 1.54) is 4.90 Å². The molecule has 0 N–H and O–H groups in total. The van der Waals surface area contributed by atoms with Gasteiger partial charge in [-0.3, -0.25) is 19.3 Å². The predicted molar refractivity (Wildman–Crippen MR) is 120 cm³/mol. The van der Waals surface area contributed by atoms with E-state index >= 15 is 0 Å². The number of esters is 1. The zero-order valence-electron chi connectivity index (χ0n) is 17.6. The van der Waals surface area contributed by atoms with Crippen LogP contribution in [-0.4, -0.2) is 29.2 Å². The molecule has 1 aliphatic heterocycles. The number of ether oxygens (including phenoxy) is 1. The molecule has 31 heavy (non-hydrogen) atoms. The van der Waals surface area contributed by atoms with Gasteiger partial charge in [0.25, 0.3) is 11.8 Å². The van der Waals surface area contributed by atoms with E-state index in [1.54, 1.807) is 48.5 Å². The zero-order chi connectivity index (χ0) is 22.1. The van der Waals surface area contributed by atoms with Gasteiger partial charge in [-0.15, -0.1) is 0 Å². The highest BCUT2D eigenvalue weighted by atomic mass is 35.5. The summed E-state index contributed by atoms with van der Waals surface area (Å²) < 4.78 is 5.27. The summed E-state index contributed by atoms with van der Waals surface area (Å²) in [7, 11) is 0. The fraction of sp³-hybridized carbons (Fsp3) is 0.400. The summed E-state index contributed by atoms with van der Waals surface area (Å²) >= 11 is 5.81. The minimum Gasteiger partial charge on any atom is -0.427 e. The Hall–Kier alpha value is -2.66. The van der Waals surface area contributed by atoms with E-state index in [0.29, 0.717) is 34.9 Å². The second-order valence-corrected chi connectivity index (χ2v) is 8.25. The quantitative estimate of drug-likeness (QED) is 0.174. The zero-order valence-corrected chi connectivity index (χ0v) is 18.4. The number of nitrogens with zero attached hydrogens (tertiary/aromatic N) is 1. The van der Waals surface area contributed by atoms with E-state index in [-0.39, 0.29) is 17.8 Å². The van der Waals surface area contributed by atoms with Crippen LogP contribution in [-0.2, 0) is 4.79 Å². The summed E-state index contributed by atoms with van der Waals surface area (Å²) in [5, 5.41) is 0.614. The topological polar surface area (TPSA) is 63.7 Å². The molecule has 0 aromatic heterocycles. The van der Waals surface area contributed by atoms with Gasteiger partial charge in [0, 0.05) is 18.0 Å². The van der Waals surface area contributed by atoms with Crippen molar-refractivity contribution < 1.29 is 19.1 Å². The SMILES string of the molecule is O=C(CCCCCCCCCCN1C(=O)c2ccccc2C1=O)Oc1ccc(Cl)cc1. The maximum atomic E-state index is 12.3. The number of amides is 2. The molecule has 3 rings (SSSR count). The first kappa shape index (κ1) is 23.0. The highest BCUT2D eigenvalue weighted by Crippen LogP contribution is 2.23. The molecule has 2 aromatic carbocycles. The second-order valence-electron chi connectivity index (χ2n) is 7.81. The lowest BCUT2D eigenvalue weighted by Crippen LogP contribution is -2.30. The maximum Gasteiger partial charge on any atom is 0.311 e. The minimum atomic E-state index is -0.213. The van der Waals surface area contributed by atoms with Gasteiger partial charge in [-0.1, -0.05) is 62.3 Å². The smallest absolute Gasteiger partial charge is 0.311 e. The molecule has 0 radical (unpaired) electrons. The van der Waals surface area contributed by atoms with Crippen LogP contribution in [0.5, 0.6) is 5.75 Å². The van der Waals surface area contributed by atoms with Crippen molar-refractivity contribution in [3.63, 3.8) is 0 Å². The molecule has 1 aliphatic rings. The first-order valence-electron chi connectivity index (χ1n) is 11.0. The monoisotopic (exact) mass is 441 g/mol. The van der Waals surface area contributed by atoms with E-state index in [4.69, 9.17) is 16.3 Å². The number of unbranched alkanes of at least 4 members (excludes halogenated alkanes) is 7. The summed E-state index contributed by atoms with van der Waals surface area (Å²) in [6.07, 6.45) is 8.51. The standard InChI is InChI=1S/C25H28ClNO4/c26-19-14-16-20(17-15-19)31-23(28)13-7-5-3-1-2-4-6-10-18-27-24(29)21-11-8-9-12-22(21)25(27)30/h8-9,11-12,14-17H,1-7,10,13,18H2. The molecular formula is C25H28ClNO4. The number of halogens is 1. The number of carbonyl (C=O) groups is 3. The van der Waals surface area contributed by atoms with Gasteiger partial charge in [0.2, 0.25) is 0 Å². The Morgan fingerprint density at radius 3 is 1.84 bits per heavy atom. The summed E-state index contributed by atoms with van der Waals surface area (Å²) in [4.78, 5) is 37.8. The lowest BCUT2D eigenvalue weighted by atomic mass is 10.1. The van der Waals surface area contributed by atoms with Crippen molar-refractivity contribution in [2.45, 2.75) is 57.8 Å². The van der Waals surface area contributed by atoms with Gasteiger partial charge in [-0.05, 0) is 49.2 Å². The number of fused-ring (bicyclic) bond motifs is 1. The van der Waals surface area contributed by atoms with Gasteiger partial charge in [0.15, 0.2) is 0 Å². The van der Waals surface area contributed by atoms with Crippen molar-refractivity contribution in [2.75, 3.05) is 6.54 Å². The number of carbonyl (C=O) groups excluding carboxylic acids is 3. The molecule has 6 heteroatoms. The van der Waals surface area contributed by atoms with E-state index in [9.17, 15) is 14.4 Å². The summed E-state index contributed by atoms with van der Waals surface area (Å²) in [6, 6.07) is 13.8. The van der Waals surface area contributed by atoms with E-state index in [0.717, 1.165) is 51.4 Å². The van der Waals surface area contributed by atoms with E-state index in [2.05, 4.69) is 0 Å². The maximum absolute atomic E-state index is 12.3. The van der Waals surface area contributed by atoms with Crippen LogP contribution in [0.25, 0.3) is 0 Å². The van der Waals surface area contributed by atoms with E-state index in [1.807, 2.05) is 0 Å². The van der Waals surface area contributed by atoms with Gasteiger partial charge in [0.1, 0.15) is 5.75 Å². The lowest BCUT2D eigenvalue weighted by Gasteiger charge is -2.13. The lowest BCUT2D eigenvalue weighted by molar-refractivity contribution is -0.134. The molecule has 0 bridgehead atoms. The van der Waals surface area contributed by atoms with Crippen LogP contribution in [0.2, 0.25) is 5.02 Å². The van der Waals surface area contributed by atoms with Crippen molar-refractivity contribution in [3.8, 4) is 5.75 Å². The Kier molecular flexibility index (Phi) is 8.65. The van der Waals surface area contributed by atoms with Gasteiger partial charge in [-0.2, -0.15) is 0 Å². The summed E-state index contributed by atoms with van der Waals surface area (Å²) in [6.45, 7) is 0.488. The van der Waals surface area contributed by atoms with Crippen LogP contribution < -0.4 is 4.74 Å². The minimum absolute atomic E-state index is 0.171. The number of benzene rings is 2. The molecule has 0 aliphatic carbocycles. The van der Waals surface area contributed by atoms with Crippen molar-refractivity contribution in [1.29, 1.82) is 0 Å². The van der Waals surface area contributed by atoms with Crippen molar-refractivity contribution in [3.05, 3.63) is 64.7 Å². The average molecular weight is 442 g/mol. The molecular weight excluding hydrogens is 414 g/mol. The molecule has 0 unspecified atom stereocenters. The highest BCUT2D eigenvalue weighted by molar-refractivity contribution is 6.30. The predicted octanol–water partition coefficient (Wildman–Crippen LogP) is 6.05. The van der Waals surface area contributed by atoms with Gasteiger partial charge in [-0.25, -0.2) is 0 Å². The third-order valence-electron chi connectivity index (χ3n) is 5.44. The molecule has 1 heterocycles. The second kappa shape index (κ2) is 11.7. The Balaban J connectivity index is 1.18. The fourth-order valence-corrected chi connectivity index (χ4v) is 3.85. The van der Waals surface area contributed by atoms with Crippen molar-refractivity contribution in [2.24, 2.45) is 0 Å². The number of hydrogen-bond donors (Lipinski definition) is 0. The van der Waals surface area contributed by atoms with Crippen LogP contribution in [0, 0.1) is 0 Å². The highest BCUT2D eigenvalue weighted by Gasteiger charge is 2.34. The first-order chi connectivity index (χ1) is 15.1. The normalized spacial score (nSPS) is 12.9. The molecule has 2 aromatic rings. The number of rotatable bonds is 12. The average Bonchev–Trinajstić information content (AvgIpc) is 3.01. The Bertz CT molecular complexity index is 875. The largest absolute Gasteiger partial charge is 0.427 e. The third kappa shape index (κ3) is 6.66. The molecule has 164 valence electrons. The Morgan fingerprint density at radius 2 is 1.26 bits per heavy atom. The molecule has 0 atom stereocenters. The van der Waals surface area contributed by atoms with Crippen LogP contribution in [0.3, 0.4) is 0 Å². The van der Waals surface area contributed by atoms with Gasteiger partial charge < -0.3 is 4.74 Å². The molecule has 0 saturated carbocycles. The molecule has 2 amide bonds. The number of imide groups is 1. The Morgan fingerprint density at radius 1 is 0.742 bits per heavy atom. The molecule has 5 nitrogen and oxygen atoms in total. The van der Waals surface area contributed by atoms with E-state index < -0.39 is 0 Å². The van der Waals surface area contributed by atoms with Crippen LogP contribution in [0.4, 0.5) is 0 Å². The Labute approximate surface area is 188 Å². The van der Waals surface area contributed by atoms with Crippen LogP contribution in [0.1, 0.15) is 78.5 Å². The third-order valence-corrected chi connectivity index (χ3v) is 5.69.